The minimum Gasteiger partial charge on any atom is -0.475 e. The highest BCUT2D eigenvalue weighted by Gasteiger charge is 1.98. The average Bonchev–Trinajstić information content (AvgIpc) is 1.85. The summed E-state index contributed by atoms with van der Waals surface area (Å²) < 4.78 is 14.6. The molecule has 0 aliphatic heterocycles. The first-order chi connectivity index (χ1) is 4.54. The second-order valence-electron chi connectivity index (χ2n) is 1.97. The molecule has 1 radical (unpaired) electrons. The van der Waals surface area contributed by atoms with Crippen LogP contribution in [0.1, 0.15) is 0 Å². The van der Waals surface area contributed by atoms with Gasteiger partial charge >= 0.3 is 7.56 Å². The molecule has 0 aliphatic rings. The molecule has 0 unspecified atom stereocenters. The maximum atomic E-state index is 10.8. The summed E-state index contributed by atoms with van der Waals surface area (Å²) in [5.74, 6) is -0.949. The highest BCUT2D eigenvalue weighted by atomic mass is 19.1. The van der Waals surface area contributed by atoms with Crippen molar-refractivity contribution < 1.29 is 13.8 Å². The first kappa shape index (κ1) is 12.1. The number of halogens is 1. The number of hydrogen-bond donors (Lipinski definition) is 0. The Balaban J connectivity index is 0. The number of rotatable bonds is 1. The molecule has 0 N–H and O–H groups in total. The maximum absolute atomic E-state index is 10.8. The van der Waals surface area contributed by atoms with Crippen LogP contribution in [0.15, 0.2) is 0 Å². The molecule has 0 fully saturated rings. The summed E-state index contributed by atoms with van der Waals surface area (Å²) in [6, 6.07) is 0. The van der Waals surface area contributed by atoms with Crippen LogP contribution < -0.4 is 0 Å². The van der Waals surface area contributed by atoms with Crippen LogP contribution in [0.5, 0.6) is 0 Å². The van der Waals surface area contributed by atoms with Crippen LogP contribution in [0.2, 0.25) is 0 Å². The van der Waals surface area contributed by atoms with Gasteiger partial charge in [0.05, 0.1) is 7.11 Å². The quantitative estimate of drug-likeness (QED) is 0.507. The lowest BCUT2D eigenvalue weighted by atomic mass is 10.1. The van der Waals surface area contributed by atoms with Crippen LogP contribution in [0.25, 0.3) is 0 Å². The highest BCUT2D eigenvalue weighted by molar-refractivity contribution is 6.66. The molecular formula is C5H12BFNO2. The first-order valence-corrected chi connectivity index (χ1v) is 2.67. The normalized spacial score (nSPS) is 7.80. The minimum absolute atomic E-state index is 0.139. The van der Waals surface area contributed by atoms with E-state index >= 15 is 0 Å². The molecule has 3 nitrogen and oxygen atoms in total. The van der Waals surface area contributed by atoms with E-state index < -0.39 is 5.87 Å². The number of carbonyl (C=O) groups excluding carboxylic acids is 1. The number of methoxy groups -OCH3 is 1. The molecule has 0 rings (SSSR count). The van der Waals surface area contributed by atoms with Crippen molar-refractivity contribution in [1.29, 1.82) is 0 Å². The van der Waals surface area contributed by atoms with E-state index in [1.54, 1.807) is 0 Å². The summed E-state index contributed by atoms with van der Waals surface area (Å²) in [7, 11) is 6.97. The summed E-state index contributed by atoms with van der Waals surface area (Å²) in [6.45, 7) is 0. The molecule has 0 aromatic rings. The van der Waals surface area contributed by atoms with Crippen molar-refractivity contribution in [2.24, 2.45) is 0 Å². The standard InChI is InChI=1S/C3H9N.C2H3BFO2/c1-4(2)3;1-6-2(5)3-4/h1-3H3;1H3. The molecule has 0 aliphatic carbocycles. The fraction of sp³-hybridized carbons (Fsp3) is 0.800. The van der Waals surface area contributed by atoms with Crippen LogP contribution >= 0.6 is 0 Å². The predicted octanol–water partition coefficient (Wildman–Crippen LogP) is 0.519. The smallest absolute Gasteiger partial charge is 0.475 e. The van der Waals surface area contributed by atoms with Gasteiger partial charge in [0.25, 0.3) is 5.87 Å². The van der Waals surface area contributed by atoms with Crippen molar-refractivity contribution in [1.82, 2.24) is 4.90 Å². The largest absolute Gasteiger partial charge is 0.491 e. The van der Waals surface area contributed by atoms with Gasteiger partial charge in [-0.1, -0.05) is 0 Å². The summed E-state index contributed by atoms with van der Waals surface area (Å²) in [5.41, 5.74) is 0. The molecule has 0 saturated carbocycles. The van der Waals surface area contributed by atoms with Gasteiger partial charge in [-0.05, 0) is 21.1 Å². The van der Waals surface area contributed by atoms with Gasteiger partial charge in [0.1, 0.15) is 0 Å². The van der Waals surface area contributed by atoms with Gasteiger partial charge in [0, 0.05) is 0 Å². The molecule has 10 heavy (non-hydrogen) atoms. The molecule has 5 heteroatoms. The van der Waals surface area contributed by atoms with Crippen LogP contribution in [0.3, 0.4) is 0 Å². The molecule has 59 valence electrons. The SMILES string of the molecule is CN(C)C.COC(=O)[B]F. The monoisotopic (exact) mass is 148 g/mol. The van der Waals surface area contributed by atoms with E-state index in [9.17, 15) is 9.11 Å². The fourth-order valence-corrected chi connectivity index (χ4v) is 0.0445. The van der Waals surface area contributed by atoms with Gasteiger partial charge < -0.3 is 14.0 Å². The van der Waals surface area contributed by atoms with Crippen molar-refractivity contribution in [3.05, 3.63) is 0 Å². The second-order valence-corrected chi connectivity index (χ2v) is 1.97. The fourth-order valence-electron chi connectivity index (χ4n) is 0.0445. The van der Waals surface area contributed by atoms with Crippen molar-refractivity contribution in [2.45, 2.75) is 0 Å². The van der Waals surface area contributed by atoms with Crippen molar-refractivity contribution in [3.63, 3.8) is 0 Å². The number of ether oxygens (including phenoxy) is 1. The lowest BCUT2D eigenvalue weighted by Gasteiger charge is -1.90. The minimum atomic E-state index is -0.949. The summed E-state index contributed by atoms with van der Waals surface area (Å²) in [5, 5.41) is 0. The van der Waals surface area contributed by atoms with Gasteiger partial charge in [-0.15, -0.1) is 0 Å². The third-order valence-electron chi connectivity index (χ3n) is 0.290. The molecule has 0 amide bonds. The Labute approximate surface area is 61.4 Å². The molecule has 0 spiro atoms. The van der Waals surface area contributed by atoms with E-state index in [0.717, 1.165) is 7.11 Å². The van der Waals surface area contributed by atoms with Gasteiger partial charge in [0.15, 0.2) is 0 Å². The second kappa shape index (κ2) is 8.42. The van der Waals surface area contributed by atoms with E-state index in [1.807, 2.05) is 26.0 Å². The zero-order valence-electron chi connectivity index (χ0n) is 6.72. The van der Waals surface area contributed by atoms with Gasteiger partial charge in [0.2, 0.25) is 0 Å². The Morgan fingerprint density at radius 3 is 1.80 bits per heavy atom. The average molecular weight is 148 g/mol. The first-order valence-electron chi connectivity index (χ1n) is 2.67. The van der Waals surface area contributed by atoms with E-state index in [1.165, 1.54) is 0 Å². The number of carbonyl (C=O) groups is 1. The molecule has 0 atom stereocenters. The third kappa shape index (κ3) is 26.1. The molecule has 0 heterocycles. The Hall–Kier alpha value is -0.575. The summed E-state index contributed by atoms with van der Waals surface area (Å²) in [6.07, 6.45) is 0. The maximum Gasteiger partial charge on any atom is 0.491 e. The van der Waals surface area contributed by atoms with Crippen LogP contribution in [0.4, 0.5) is 9.11 Å². The molecule has 0 aromatic heterocycles. The summed E-state index contributed by atoms with van der Waals surface area (Å²) in [4.78, 5) is 11.5. The lowest BCUT2D eigenvalue weighted by Crippen LogP contribution is -2.01. The van der Waals surface area contributed by atoms with Crippen molar-refractivity contribution in [2.75, 3.05) is 28.3 Å². The Bertz CT molecular complexity index is 81.0. The van der Waals surface area contributed by atoms with Crippen LogP contribution in [-0.2, 0) is 4.74 Å². The molecule has 0 aromatic carbocycles. The van der Waals surface area contributed by atoms with Crippen molar-refractivity contribution in [3.8, 4) is 0 Å². The third-order valence-corrected chi connectivity index (χ3v) is 0.290. The van der Waals surface area contributed by atoms with Gasteiger partial charge in [-0.2, -0.15) is 0 Å². The molecule has 0 bridgehead atoms. The van der Waals surface area contributed by atoms with Gasteiger partial charge in [-0.3, -0.25) is 4.79 Å². The van der Waals surface area contributed by atoms with Crippen LogP contribution in [-0.4, -0.2) is 46.6 Å². The topological polar surface area (TPSA) is 29.5 Å². The Morgan fingerprint density at radius 1 is 1.50 bits per heavy atom. The molecule has 0 saturated heterocycles. The zero-order valence-corrected chi connectivity index (χ0v) is 6.72. The predicted molar refractivity (Wildman–Crippen MR) is 38.9 cm³/mol. The highest BCUT2D eigenvalue weighted by Crippen LogP contribution is 1.70. The van der Waals surface area contributed by atoms with Gasteiger partial charge in [-0.25, -0.2) is 0 Å². The van der Waals surface area contributed by atoms with Crippen LogP contribution in [0, 0.1) is 0 Å². The number of hydrogen-bond acceptors (Lipinski definition) is 3. The molecular weight excluding hydrogens is 136 g/mol. The summed E-state index contributed by atoms with van der Waals surface area (Å²) >= 11 is 0. The van der Waals surface area contributed by atoms with E-state index in [4.69, 9.17) is 0 Å². The zero-order chi connectivity index (χ0) is 8.57. The van der Waals surface area contributed by atoms with E-state index in [2.05, 4.69) is 4.74 Å². The number of nitrogens with zero attached hydrogens (tertiary/aromatic N) is 1. The lowest BCUT2D eigenvalue weighted by molar-refractivity contribution is 0.196. The Kier molecular flexibility index (Phi) is 10.2. The van der Waals surface area contributed by atoms with E-state index in [0.29, 0.717) is 0 Å². The Morgan fingerprint density at radius 2 is 1.80 bits per heavy atom. The van der Waals surface area contributed by atoms with Crippen molar-refractivity contribution >= 4 is 13.4 Å². The van der Waals surface area contributed by atoms with E-state index in [-0.39, 0.29) is 7.56 Å².